The Morgan fingerprint density at radius 1 is 1.17 bits per heavy atom. The second-order valence-electron chi connectivity index (χ2n) is 7.11. The third-order valence-electron chi connectivity index (χ3n) is 5.30. The molecule has 0 spiro atoms. The fraction of sp³-hybridized carbons (Fsp3) is 0.647. The molecule has 2 aliphatic heterocycles. The van der Waals surface area contributed by atoms with Crippen molar-refractivity contribution < 1.29 is 4.74 Å². The van der Waals surface area contributed by atoms with Crippen LogP contribution in [0.15, 0.2) is 10.8 Å². The van der Waals surface area contributed by atoms with E-state index < -0.39 is 0 Å². The Bertz CT molecular complexity index is 766. The number of rotatable bonds is 3. The lowest BCUT2D eigenvalue weighted by molar-refractivity contribution is 0.122. The molecule has 1 aliphatic carbocycles. The van der Waals surface area contributed by atoms with Crippen molar-refractivity contribution in [2.45, 2.75) is 25.8 Å². The Labute approximate surface area is 149 Å². The summed E-state index contributed by atoms with van der Waals surface area (Å²) in [5.41, 5.74) is 3.59. The zero-order chi connectivity index (χ0) is 16.1. The van der Waals surface area contributed by atoms with Gasteiger partial charge >= 0.3 is 0 Å². The van der Waals surface area contributed by atoms with E-state index in [-0.39, 0.29) is 0 Å². The van der Waals surface area contributed by atoms with Gasteiger partial charge in [-0.2, -0.15) is 0 Å². The molecule has 0 aromatic carbocycles. The fourth-order valence-corrected chi connectivity index (χ4v) is 4.22. The molecule has 0 atom stereocenters. The van der Waals surface area contributed by atoms with Gasteiger partial charge in [0.25, 0.3) is 0 Å². The minimum Gasteiger partial charge on any atom is -0.378 e. The van der Waals surface area contributed by atoms with Crippen molar-refractivity contribution in [3.05, 3.63) is 22.2 Å². The van der Waals surface area contributed by atoms with Crippen molar-refractivity contribution in [1.82, 2.24) is 19.3 Å². The van der Waals surface area contributed by atoms with E-state index in [1.165, 1.54) is 30.8 Å². The summed E-state index contributed by atoms with van der Waals surface area (Å²) in [4.78, 5) is 14.6. The van der Waals surface area contributed by atoms with Crippen molar-refractivity contribution >= 4 is 27.4 Å². The van der Waals surface area contributed by atoms with Gasteiger partial charge in [-0.1, -0.05) is 0 Å². The van der Waals surface area contributed by atoms with E-state index in [0.717, 1.165) is 67.8 Å². The molecule has 0 radical (unpaired) electrons. The smallest absolute Gasteiger partial charge is 0.180 e. The molecule has 24 heavy (non-hydrogen) atoms. The average molecular weight is 392 g/mol. The summed E-state index contributed by atoms with van der Waals surface area (Å²) < 4.78 is 8.61. The number of halogens is 1. The van der Waals surface area contributed by atoms with Gasteiger partial charge < -0.3 is 9.64 Å². The van der Waals surface area contributed by atoms with E-state index >= 15 is 0 Å². The molecule has 1 saturated carbocycles. The molecule has 0 unspecified atom stereocenters. The number of hydrogen-bond acceptors (Lipinski definition) is 5. The minimum atomic E-state index is 0.760. The van der Waals surface area contributed by atoms with Crippen molar-refractivity contribution in [2.24, 2.45) is 5.92 Å². The zero-order valence-corrected chi connectivity index (χ0v) is 15.3. The second-order valence-corrected chi connectivity index (χ2v) is 7.93. The summed E-state index contributed by atoms with van der Waals surface area (Å²) >= 11 is 3.59. The third kappa shape index (κ3) is 2.72. The molecule has 2 aromatic rings. The normalized spacial score (nSPS) is 22.1. The summed E-state index contributed by atoms with van der Waals surface area (Å²) in [6.07, 6.45) is 5.96. The average Bonchev–Trinajstić information content (AvgIpc) is 3.34. The molecule has 1 saturated heterocycles. The number of aromatic nitrogens is 3. The van der Waals surface area contributed by atoms with Gasteiger partial charge in [-0.05, 0) is 34.7 Å². The number of morpholine rings is 1. The standard InChI is InChI=1S/C17H22BrN5O/c18-15-11-23-14-3-4-21(9-12-1-2-12)10-13(14)19-17(23)16(20-15)22-5-7-24-8-6-22/h11-12H,1-10H2. The first-order valence-electron chi connectivity index (χ1n) is 8.89. The van der Waals surface area contributed by atoms with Gasteiger partial charge in [0.1, 0.15) is 4.60 Å². The molecule has 6 nitrogen and oxygen atoms in total. The first kappa shape index (κ1) is 15.1. The maximum Gasteiger partial charge on any atom is 0.180 e. The lowest BCUT2D eigenvalue weighted by Crippen LogP contribution is -2.37. The van der Waals surface area contributed by atoms with Gasteiger partial charge in [0.05, 0.1) is 18.9 Å². The largest absolute Gasteiger partial charge is 0.378 e. The van der Waals surface area contributed by atoms with E-state index in [0.29, 0.717) is 0 Å². The molecule has 5 rings (SSSR count). The molecule has 0 amide bonds. The van der Waals surface area contributed by atoms with Crippen molar-refractivity contribution in [2.75, 3.05) is 44.3 Å². The summed E-state index contributed by atoms with van der Waals surface area (Å²) in [7, 11) is 0. The zero-order valence-electron chi connectivity index (χ0n) is 13.7. The second kappa shape index (κ2) is 5.97. The third-order valence-corrected chi connectivity index (χ3v) is 5.69. The highest BCUT2D eigenvalue weighted by atomic mass is 79.9. The molecule has 128 valence electrons. The van der Waals surface area contributed by atoms with Crippen LogP contribution >= 0.6 is 15.9 Å². The quantitative estimate of drug-likeness (QED) is 0.801. The van der Waals surface area contributed by atoms with E-state index in [1.54, 1.807) is 0 Å². The predicted molar refractivity (Wildman–Crippen MR) is 95.4 cm³/mol. The summed E-state index contributed by atoms with van der Waals surface area (Å²) in [6.45, 7) is 6.64. The van der Waals surface area contributed by atoms with Crippen LogP contribution in [0.2, 0.25) is 0 Å². The number of imidazole rings is 1. The van der Waals surface area contributed by atoms with Crippen LogP contribution in [0.1, 0.15) is 24.2 Å². The van der Waals surface area contributed by atoms with Crippen LogP contribution in [0.25, 0.3) is 5.65 Å². The van der Waals surface area contributed by atoms with Crippen LogP contribution in [-0.2, 0) is 17.7 Å². The molecular weight excluding hydrogens is 370 g/mol. The Morgan fingerprint density at radius 2 is 2.00 bits per heavy atom. The summed E-state index contributed by atoms with van der Waals surface area (Å²) in [6, 6.07) is 0. The van der Waals surface area contributed by atoms with Gasteiger partial charge in [-0.25, -0.2) is 9.97 Å². The highest BCUT2D eigenvalue weighted by Gasteiger charge is 2.29. The maximum atomic E-state index is 5.49. The molecule has 7 heteroatoms. The van der Waals surface area contributed by atoms with Crippen LogP contribution in [-0.4, -0.2) is 58.7 Å². The van der Waals surface area contributed by atoms with E-state index in [4.69, 9.17) is 14.7 Å². The van der Waals surface area contributed by atoms with Gasteiger partial charge in [0.15, 0.2) is 11.5 Å². The van der Waals surface area contributed by atoms with Gasteiger partial charge in [0, 0.05) is 51.0 Å². The van der Waals surface area contributed by atoms with E-state index in [9.17, 15) is 0 Å². The van der Waals surface area contributed by atoms with Crippen LogP contribution in [0.4, 0.5) is 5.82 Å². The molecule has 4 heterocycles. The minimum absolute atomic E-state index is 0.760. The topological polar surface area (TPSA) is 45.9 Å². The SMILES string of the molecule is Brc1cn2c3c(nc2c(N2CCOCC2)n1)CN(CC1CC1)CC3. The maximum absolute atomic E-state index is 5.49. The summed E-state index contributed by atoms with van der Waals surface area (Å²) in [5, 5.41) is 0. The van der Waals surface area contributed by atoms with Crippen LogP contribution < -0.4 is 4.90 Å². The lowest BCUT2D eigenvalue weighted by atomic mass is 10.1. The predicted octanol–water partition coefficient (Wildman–Crippen LogP) is 2.10. The van der Waals surface area contributed by atoms with Crippen molar-refractivity contribution in [3.8, 4) is 0 Å². The Hall–Kier alpha value is -1.18. The van der Waals surface area contributed by atoms with Crippen LogP contribution in [0.5, 0.6) is 0 Å². The lowest BCUT2D eigenvalue weighted by Gasteiger charge is -2.28. The highest BCUT2D eigenvalue weighted by Crippen LogP contribution is 2.32. The van der Waals surface area contributed by atoms with Gasteiger partial charge in [-0.15, -0.1) is 0 Å². The molecule has 0 bridgehead atoms. The van der Waals surface area contributed by atoms with Gasteiger partial charge in [0.2, 0.25) is 0 Å². The summed E-state index contributed by atoms with van der Waals surface area (Å²) in [5.74, 6) is 1.92. The van der Waals surface area contributed by atoms with Crippen molar-refractivity contribution in [3.63, 3.8) is 0 Å². The van der Waals surface area contributed by atoms with Crippen LogP contribution in [0.3, 0.4) is 0 Å². The van der Waals surface area contributed by atoms with E-state index in [2.05, 4.69) is 36.3 Å². The number of fused-ring (bicyclic) bond motifs is 3. The van der Waals surface area contributed by atoms with Gasteiger partial charge in [-0.3, -0.25) is 9.30 Å². The highest BCUT2D eigenvalue weighted by molar-refractivity contribution is 9.10. The molecular formula is C17H22BrN5O. The number of nitrogens with zero attached hydrogens (tertiary/aromatic N) is 5. The molecule has 3 aliphatic rings. The first-order valence-corrected chi connectivity index (χ1v) is 9.68. The molecule has 0 N–H and O–H groups in total. The Kier molecular flexibility index (Phi) is 3.75. The Balaban J connectivity index is 1.53. The fourth-order valence-electron chi connectivity index (χ4n) is 3.85. The number of anilines is 1. The van der Waals surface area contributed by atoms with Crippen LogP contribution in [0, 0.1) is 5.92 Å². The molecule has 2 aromatic heterocycles. The molecule has 2 fully saturated rings. The monoisotopic (exact) mass is 391 g/mol. The first-order chi connectivity index (χ1) is 11.8. The number of hydrogen-bond donors (Lipinski definition) is 0. The van der Waals surface area contributed by atoms with Crippen molar-refractivity contribution in [1.29, 1.82) is 0 Å². The van der Waals surface area contributed by atoms with E-state index in [1.807, 2.05) is 0 Å². The Morgan fingerprint density at radius 3 is 2.79 bits per heavy atom. The number of ether oxygens (including phenoxy) is 1.